The number of nitrogens with zero attached hydrogens (tertiary/aromatic N) is 4. The number of nitrogens with one attached hydrogen (secondary N) is 1. The van der Waals surface area contributed by atoms with E-state index in [0.717, 1.165) is 56.5 Å². The summed E-state index contributed by atoms with van der Waals surface area (Å²) in [4.78, 5) is 13.9. The van der Waals surface area contributed by atoms with Crippen molar-refractivity contribution in [3.8, 4) is 0 Å². The fourth-order valence-corrected chi connectivity index (χ4v) is 3.28. The van der Waals surface area contributed by atoms with Crippen LogP contribution in [0.15, 0.2) is 36.0 Å². The maximum atomic E-state index is 5.61. The summed E-state index contributed by atoms with van der Waals surface area (Å²) < 4.78 is 5.61. The lowest BCUT2D eigenvalue weighted by Gasteiger charge is -2.32. The van der Waals surface area contributed by atoms with E-state index in [0.29, 0.717) is 6.54 Å². The number of guanidine groups is 1. The van der Waals surface area contributed by atoms with Crippen LogP contribution in [-0.2, 0) is 11.3 Å². The zero-order valence-corrected chi connectivity index (χ0v) is 17.9. The van der Waals surface area contributed by atoms with Gasteiger partial charge in [-0.1, -0.05) is 18.6 Å². The molecule has 1 aliphatic heterocycles. The van der Waals surface area contributed by atoms with Gasteiger partial charge >= 0.3 is 0 Å². The molecule has 0 amide bonds. The molecule has 0 bridgehead atoms. The summed E-state index contributed by atoms with van der Waals surface area (Å²) in [7, 11) is 2.11. The maximum absolute atomic E-state index is 5.61. The summed E-state index contributed by atoms with van der Waals surface area (Å²) in [6.45, 7) is 13.1. The molecular weight excluding hydrogens is 350 g/mol. The molecule has 0 spiro atoms. The predicted octanol–water partition coefficient (Wildman–Crippen LogP) is 3.45. The standard InChI is InChI=1S/C22H37N5O/c1-5-7-8-9-10-13-26(4)22(23-6-2)25-17-20-11-12-21(24-16-20)27-14-15-28-19(3)18-27/h5,11-12,16,19H,1,6-10,13-15,17-18H2,2-4H3,(H,23,25). The Bertz CT molecular complexity index is 601. The fraction of sp³-hybridized carbons (Fsp3) is 0.636. The van der Waals surface area contributed by atoms with Crippen LogP contribution in [0.1, 0.15) is 45.1 Å². The Morgan fingerprint density at radius 2 is 2.29 bits per heavy atom. The van der Waals surface area contributed by atoms with Crippen LogP contribution in [0.25, 0.3) is 0 Å². The first-order valence-electron chi connectivity index (χ1n) is 10.6. The smallest absolute Gasteiger partial charge is 0.193 e. The van der Waals surface area contributed by atoms with Gasteiger partial charge in [0, 0.05) is 39.4 Å². The number of unbranched alkanes of at least 4 members (excludes halogenated alkanes) is 3. The maximum Gasteiger partial charge on any atom is 0.193 e. The van der Waals surface area contributed by atoms with Crippen LogP contribution >= 0.6 is 0 Å². The van der Waals surface area contributed by atoms with E-state index < -0.39 is 0 Å². The Morgan fingerprint density at radius 3 is 2.96 bits per heavy atom. The highest BCUT2D eigenvalue weighted by molar-refractivity contribution is 5.79. The van der Waals surface area contributed by atoms with E-state index in [1.165, 1.54) is 19.3 Å². The minimum absolute atomic E-state index is 0.259. The van der Waals surface area contributed by atoms with Crippen molar-refractivity contribution in [2.45, 2.75) is 52.2 Å². The third-order valence-corrected chi connectivity index (χ3v) is 4.88. The average molecular weight is 388 g/mol. The van der Waals surface area contributed by atoms with Gasteiger partial charge in [-0.3, -0.25) is 0 Å². The van der Waals surface area contributed by atoms with Crippen LogP contribution in [0.3, 0.4) is 0 Å². The molecule has 1 N–H and O–H groups in total. The van der Waals surface area contributed by atoms with Crippen molar-refractivity contribution >= 4 is 11.8 Å². The van der Waals surface area contributed by atoms with E-state index in [1.807, 2.05) is 12.3 Å². The van der Waals surface area contributed by atoms with Crippen molar-refractivity contribution in [1.82, 2.24) is 15.2 Å². The number of allylic oxidation sites excluding steroid dienone is 1. The van der Waals surface area contributed by atoms with Crippen molar-refractivity contribution in [2.75, 3.05) is 44.7 Å². The molecule has 6 heteroatoms. The van der Waals surface area contributed by atoms with Gasteiger partial charge in [0.1, 0.15) is 5.82 Å². The lowest BCUT2D eigenvalue weighted by atomic mass is 10.2. The van der Waals surface area contributed by atoms with Gasteiger partial charge in [0.05, 0.1) is 19.3 Å². The van der Waals surface area contributed by atoms with Gasteiger partial charge < -0.3 is 19.9 Å². The lowest BCUT2D eigenvalue weighted by Crippen LogP contribution is -2.41. The summed E-state index contributed by atoms with van der Waals surface area (Å²) in [5.74, 6) is 1.98. The van der Waals surface area contributed by atoms with Gasteiger partial charge in [0.2, 0.25) is 0 Å². The molecule has 28 heavy (non-hydrogen) atoms. The molecule has 2 heterocycles. The third kappa shape index (κ3) is 7.50. The Hall–Kier alpha value is -2.08. The quantitative estimate of drug-likeness (QED) is 0.288. The van der Waals surface area contributed by atoms with Crippen molar-refractivity contribution in [3.05, 3.63) is 36.5 Å². The summed E-state index contributed by atoms with van der Waals surface area (Å²) >= 11 is 0. The van der Waals surface area contributed by atoms with E-state index in [1.54, 1.807) is 0 Å². The Balaban J connectivity index is 1.87. The molecular formula is C22H37N5O. The number of anilines is 1. The molecule has 0 radical (unpaired) electrons. The van der Waals surface area contributed by atoms with Gasteiger partial charge in [-0.15, -0.1) is 6.58 Å². The number of ether oxygens (including phenoxy) is 1. The topological polar surface area (TPSA) is 53.0 Å². The van der Waals surface area contributed by atoms with E-state index in [-0.39, 0.29) is 6.10 Å². The van der Waals surface area contributed by atoms with Crippen LogP contribution < -0.4 is 10.2 Å². The van der Waals surface area contributed by atoms with E-state index >= 15 is 0 Å². The number of morpholine rings is 1. The highest BCUT2D eigenvalue weighted by Gasteiger charge is 2.17. The van der Waals surface area contributed by atoms with Crippen LogP contribution in [0.2, 0.25) is 0 Å². The largest absolute Gasteiger partial charge is 0.375 e. The number of hydrogen-bond donors (Lipinski definition) is 1. The molecule has 0 aliphatic carbocycles. The SMILES string of the molecule is C=CCCCCCN(C)C(=NCc1ccc(N2CCOC(C)C2)nc1)NCC. The molecule has 1 fully saturated rings. The molecule has 6 nitrogen and oxygen atoms in total. The summed E-state index contributed by atoms with van der Waals surface area (Å²) in [6.07, 6.45) is 8.90. The molecule has 1 aliphatic rings. The second-order valence-corrected chi connectivity index (χ2v) is 7.38. The first-order valence-corrected chi connectivity index (χ1v) is 10.6. The number of aliphatic imine (C=N–C) groups is 1. The molecule has 2 rings (SSSR count). The fourth-order valence-electron chi connectivity index (χ4n) is 3.28. The van der Waals surface area contributed by atoms with E-state index in [9.17, 15) is 0 Å². The number of pyridine rings is 1. The molecule has 1 aromatic rings. The highest BCUT2D eigenvalue weighted by Crippen LogP contribution is 2.15. The second kappa shape index (κ2) is 12.4. The normalized spacial score (nSPS) is 17.5. The number of aromatic nitrogens is 1. The molecule has 156 valence electrons. The number of rotatable bonds is 10. The first kappa shape index (κ1) is 22.2. The molecule has 1 saturated heterocycles. The monoisotopic (exact) mass is 387 g/mol. The van der Waals surface area contributed by atoms with E-state index in [4.69, 9.17) is 9.73 Å². The minimum atomic E-state index is 0.259. The van der Waals surface area contributed by atoms with Crippen molar-refractivity contribution in [1.29, 1.82) is 0 Å². The van der Waals surface area contributed by atoms with Gasteiger partial charge in [0.15, 0.2) is 5.96 Å². The summed E-state index contributed by atoms with van der Waals surface area (Å²) in [5.41, 5.74) is 1.12. The van der Waals surface area contributed by atoms with Gasteiger partial charge in [0.25, 0.3) is 0 Å². The van der Waals surface area contributed by atoms with E-state index in [2.05, 4.69) is 59.7 Å². The van der Waals surface area contributed by atoms with Gasteiger partial charge in [-0.25, -0.2) is 9.98 Å². The molecule has 0 aromatic carbocycles. The minimum Gasteiger partial charge on any atom is -0.375 e. The first-order chi connectivity index (χ1) is 13.6. The Kier molecular flexibility index (Phi) is 9.83. The lowest BCUT2D eigenvalue weighted by molar-refractivity contribution is 0.0529. The second-order valence-electron chi connectivity index (χ2n) is 7.38. The van der Waals surface area contributed by atoms with Crippen LogP contribution in [0, 0.1) is 0 Å². The average Bonchev–Trinajstić information content (AvgIpc) is 2.71. The van der Waals surface area contributed by atoms with Gasteiger partial charge in [-0.05, 0) is 44.7 Å². The molecule has 1 aromatic heterocycles. The summed E-state index contributed by atoms with van der Waals surface area (Å²) in [5, 5.41) is 3.39. The molecule has 1 unspecified atom stereocenters. The van der Waals surface area contributed by atoms with Crippen molar-refractivity contribution < 1.29 is 4.74 Å². The zero-order chi connectivity index (χ0) is 20.2. The summed E-state index contributed by atoms with van der Waals surface area (Å²) in [6, 6.07) is 4.23. The third-order valence-electron chi connectivity index (χ3n) is 4.88. The Labute approximate surface area is 170 Å². The van der Waals surface area contributed by atoms with Gasteiger partial charge in [-0.2, -0.15) is 0 Å². The number of hydrogen-bond acceptors (Lipinski definition) is 4. The molecule has 1 atom stereocenters. The zero-order valence-electron chi connectivity index (χ0n) is 17.9. The van der Waals surface area contributed by atoms with Crippen molar-refractivity contribution in [2.24, 2.45) is 4.99 Å². The van der Waals surface area contributed by atoms with Crippen LogP contribution in [-0.4, -0.2) is 61.8 Å². The van der Waals surface area contributed by atoms with Crippen molar-refractivity contribution in [3.63, 3.8) is 0 Å². The van der Waals surface area contributed by atoms with Crippen LogP contribution in [0.4, 0.5) is 5.82 Å². The predicted molar refractivity (Wildman–Crippen MR) is 118 cm³/mol. The Morgan fingerprint density at radius 1 is 1.43 bits per heavy atom. The van der Waals surface area contributed by atoms with Crippen LogP contribution in [0.5, 0.6) is 0 Å². The highest BCUT2D eigenvalue weighted by atomic mass is 16.5. The molecule has 0 saturated carbocycles.